The summed E-state index contributed by atoms with van der Waals surface area (Å²) in [5.41, 5.74) is 0. The molecule has 112 valence electrons. The van der Waals surface area contributed by atoms with Crippen LogP contribution in [0, 0.1) is 0 Å². The van der Waals surface area contributed by atoms with Gasteiger partial charge >= 0.3 is 6.01 Å². The molecule has 1 saturated carbocycles. The lowest BCUT2D eigenvalue weighted by Crippen LogP contribution is -2.38. The summed E-state index contributed by atoms with van der Waals surface area (Å²) in [5, 5.41) is 0.204. The van der Waals surface area contributed by atoms with Crippen LogP contribution in [-0.4, -0.2) is 34.1 Å². The first-order chi connectivity index (χ1) is 9.74. The molecule has 6 heteroatoms. The highest BCUT2D eigenvalue weighted by Gasteiger charge is 2.23. The molecule has 1 aromatic heterocycles. The smallest absolute Gasteiger partial charge is 0.322 e. The van der Waals surface area contributed by atoms with E-state index in [9.17, 15) is 0 Å². The topological polar surface area (TPSA) is 51.1 Å². The van der Waals surface area contributed by atoms with Gasteiger partial charge in [0.1, 0.15) is 0 Å². The van der Waals surface area contributed by atoms with E-state index >= 15 is 0 Å². The molecule has 0 radical (unpaired) electrons. The van der Waals surface area contributed by atoms with Crippen molar-refractivity contribution < 1.29 is 4.74 Å². The fourth-order valence-electron chi connectivity index (χ4n) is 2.66. The molecule has 5 nitrogen and oxygen atoms in total. The molecule has 0 aliphatic heterocycles. The van der Waals surface area contributed by atoms with Crippen LogP contribution in [0.25, 0.3) is 0 Å². The van der Waals surface area contributed by atoms with E-state index in [1.165, 1.54) is 32.1 Å². The van der Waals surface area contributed by atoms with Gasteiger partial charge in [-0.15, -0.1) is 0 Å². The number of rotatable bonds is 6. The van der Waals surface area contributed by atoms with Crippen molar-refractivity contribution in [2.75, 3.05) is 18.1 Å². The Hall–Kier alpha value is -1.10. The zero-order valence-electron chi connectivity index (χ0n) is 12.3. The highest BCUT2D eigenvalue weighted by Crippen LogP contribution is 2.26. The second-order valence-corrected chi connectivity index (χ2v) is 5.45. The van der Waals surface area contributed by atoms with Crippen molar-refractivity contribution in [3.05, 3.63) is 5.28 Å². The number of anilines is 1. The van der Waals surface area contributed by atoms with Crippen molar-refractivity contribution in [1.29, 1.82) is 0 Å². The highest BCUT2D eigenvalue weighted by molar-refractivity contribution is 6.28. The second kappa shape index (κ2) is 7.62. The third kappa shape index (κ3) is 3.95. The molecule has 0 N–H and O–H groups in total. The minimum atomic E-state index is 0.204. The van der Waals surface area contributed by atoms with Gasteiger partial charge in [0.2, 0.25) is 11.2 Å². The van der Waals surface area contributed by atoms with Crippen molar-refractivity contribution in [3.63, 3.8) is 0 Å². The fourth-order valence-corrected chi connectivity index (χ4v) is 2.81. The van der Waals surface area contributed by atoms with Gasteiger partial charge < -0.3 is 9.64 Å². The Morgan fingerprint density at radius 3 is 2.55 bits per heavy atom. The molecule has 0 aromatic carbocycles. The minimum absolute atomic E-state index is 0.204. The van der Waals surface area contributed by atoms with Crippen molar-refractivity contribution in [3.8, 4) is 6.01 Å². The molecular weight excluding hydrogens is 276 g/mol. The van der Waals surface area contributed by atoms with Crippen LogP contribution in [0.3, 0.4) is 0 Å². The monoisotopic (exact) mass is 298 g/mol. The molecule has 0 spiro atoms. The zero-order valence-corrected chi connectivity index (χ0v) is 13.1. The van der Waals surface area contributed by atoms with E-state index in [2.05, 4.69) is 26.8 Å². The van der Waals surface area contributed by atoms with Crippen LogP contribution in [0.1, 0.15) is 52.4 Å². The number of aromatic nitrogens is 3. The van der Waals surface area contributed by atoms with E-state index < -0.39 is 0 Å². The van der Waals surface area contributed by atoms with Gasteiger partial charge in [0.05, 0.1) is 6.61 Å². The number of ether oxygens (including phenoxy) is 1. The first-order valence-corrected chi connectivity index (χ1v) is 7.93. The third-order valence-corrected chi connectivity index (χ3v) is 3.79. The van der Waals surface area contributed by atoms with Crippen molar-refractivity contribution >= 4 is 17.5 Å². The first-order valence-electron chi connectivity index (χ1n) is 7.55. The molecule has 0 atom stereocenters. The molecule has 1 aliphatic carbocycles. The summed E-state index contributed by atoms with van der Waals surface area (Å²) in [6.07, 6.45) is 7.19. The average Bonchev–Trinajstić information content (AvgIpc) is 2.46. The predicted octanol–water partition coefficient (Wildman–Crippen LogP) is 3.47. The summed E-state index contributed by atoms with van der Waals surface area (Å²) in [6, 6.07) is 0.836. The SMILES string of the molecule is CCCOc1nc(Cl)nc(N(CC)C2CCCCC2)n1. The highest BCUT2D eigenvalue weighted by atomic mass is 35.5. The molecule has 2 rings (SSSR count). The number of halogens is 1. The minimum Gasteiger partial charge on any atom is -0.463 e. The average molecular weight is 299 g/mol. The van der Waals surface area contributed by atoms with Gasteiger partial charge in [-0.2, -0.15) is 15.0 Å². The Bertz CT molecular complexity index is 424. The maximum Gasteiger partial charge on any atom is 0.322 e. The van der Waals surface area contributed by atoms with Crippen LogP contribution in [-0.2, 0) is 0 Å². The summed E-state index contributed by atoms with van der Waals surface area (Å²) >= 11 is 6.00. The summed E-state index contributed by atoms with van der Waals surface area (Å²) in [4.78, 5) is 14.9. The molecule has 0 unspecified atom stereocenters. The number of nitrogens with zero attached hydrogens (tertiary/aromatic N) is 4. The zero-order chi connectivity index (χ0) is 14.4. The van der Waals surface area contributed by atoms with Gasteiger partial charge in [-0.1, -0.05) is 26.2 Å². The Morgan fingerprint density at radius 1 is 1.15 bits per heavy atom. The molecule has 1 fully saturated rings. The van der Waals surface area contributed by atoms with Crippen LogP contribution >= 0.6 is 11.6 Å². The van der Waals surface area contributed by atoms with Gasteiger partial charge in [-0.25, -0.2) is 0 Å². The van der Waals surface area contributed by atoms with Crippen LogP contribution in [0.4, 0.5) is 5.95 Å². The molecule has 1 aliphatic rings. The van der Waals surface area contributed by atoms with Crippen molar-refractivity contribution in [2.24, 2.45) is 0 Å². The van der Waals surface area contributed by atoms with Gasteiger partial charge in [0, 0.05) is 12.6 Å². The maximum absolute atomic E-state index is 6.00. The molecule has 20 heavy (non-hydrogen) atoms. The first kappa shape index (κ1) is 15.3. The fraction of sp³-hybridized carbons (Fsp3) is 0.786. The summed E-state index contributed by atoms with van der Waals surface area (Å²) in [7, 11) is 0. The Morgan fingerprint density at radius 2 is 1.90 bits per heavy atom. The van der Waals surface area contributed by atoms with Crippen LogP contribution < -0.4 is 9.64 Å². The second-order valence-electron chi connectivity index (χ2n) is 5.11. The lowest BCUT2D eigenvalue weighted by Gasteiger charge is -2.33. The standard InChI is InChI=1S/C14H23ClN4O/c1-3-10-20-14-17-12(15)16-13(18-14)19(4-2)11-8-6-5-7-9-11/h11H,3-10H2,1-2H3. The Kier molecular flexibility index (Phi) is 5.83. The van der Waals surface area contributed by atoms with E-state index in [4.69, 9.17) is 16.3 Å². The summed E-state index contributed by atoms with van der Waals surface area (Å²) in [5.74, 6) is 0.644. The molecule has 1 aromatic rings. The molecule has 0 amide bonds. The van der Waals surface area contributed by atoms with E-state index in [1.54, 1.807) is 0 Å². The van der Waals surface area contributed by atoms with Crippen molar-refractivity contribution in [1.82, 2.24) is 15.0 Å². The van der Waals surface area contributed by atoms with Gasteiger partial charge in [-0.3, -0.25) is 0 Å². The van der Waals surface area contributed by atoms with Gasteiger partial charge in [0.25, 0.3) is 0 Å². The summed E-state index contributed by atoms with van der Waals surface area (Å²) < 4.78 is 5.49. The van der Waals surface area contributed by atoms with Gasteiger partial charge in [0.15, 0.2) is 0 Å². The van der Waals surface area contributed by atoms with E-state index in [-0.39, 0.29) is 5.28 Å². The Labute approximate surface area is 125 Å². The van der Waals surface area contributed by atoms with Crippen LogP contribution in [0.15, 0.2) is 0 Å². The molecule has 0 saturated heterocycles. The van der Waals surface area contributed by atoms with Crippen molar-refractivity contribution in [2.45, 2.75) is 58.4 Å². The van der Waals surface area contributed by atoms with E-state index in [0.717, 1.165) is 13.0 Å². The summed E-state index contributed by atoms with van der Waals surface area (Å²) in [6.45, 7) is 5.64. The van der Waals surface area contributed by atoms with E-state index in [0.29, 0.717) is 24.6 Å². The maximum atomic E-state index is 6.00. The molecular formula is C14H23ClN4O. The van der Waals surface area contributed by atoms with Crippen LogP contribution in [0.5, 0.6) is 6.01 Å². The van der Waals surface area contributed by atoms with Gasteiger partial charge in [-0.05, 0) is 37.8 Å². The number of hydrogen-bond acceptors (Lipinski definition) is 5. The lowest BCUT2D eigenvalue weighted by atomic mass is 9.94. The normalized spacial score (nSPS) is 16.1. The largest absolute Gasteiger partial charge is 0.463 e. The quantitative estimate of drug-likeness (QED) is 0.805. The predicted molar refractivity (Wildman–Crippen MR) is 80.5 cm³/mol. The Balaban J connectivity index is 2.17. The molecule has 1 heterocycles. The third-order valence-electron chi connectivity index (χ3n) is 3.62. The molecule has 0 bridgehead atoms. The van der Waals surface area contributed by atoms with Crippen LogP contribution in [0.2, 0.25) is 5.28 Å². The lowest BCUT2D eigenvalue weighted by molar-refractivity contribution is 0.290. The van der Waals surface area contributed by atoms with E-state index in [1.807, 2.05) is 6.92 Å². The number of hydrogen-bond donors (Lipinski definition) is 0.